The van der Waals surface area contributed by atoms with Gasteiger partial charge in [0.2, 0.25) is 0 Å². The molecule has 2 aliphatic heterocycles. The summed E-state index contributed by atoms with van der Waals surface area (Å²) in [6.07, 6.45) is 0.0544. The molecule has 0 saturated carbocycles. The Morgan fingerprint density at radius 2 is 1.40 bits per heavy atom. The van der Waals surface area contributed by atoms with Crippen molar-refractivity contribution in [3.63, 3.8) is 0 Å². The lowest BCUT2D eigenvalue weighted by atomic mass is 10.2. The molecule has 0 spiro atoms. The van der Waals surface area contributed by atoms with Gasteiger partial charge in [-0.3, -0.25) is 4.79 Å². The van der Waals surface area contributed by atoms with Crippen LogP contribution in [0.1, 0.15) is 6.42 Å². The first-order chi connectivity index (χ1) is 6.91. The van der Waals surface area contributed by atoms with Gasteiger partial charge in [-0.1, -0.05) is 13.2 Å². The van der Waals surface area contributed by atoms with Crippen molar-refractivity contribution >= 4 is 23.9 Å². The van der Waals surface area contributed by atoms with Gasteiger partial charge in [-0.25, -0.2) is 14.4 Å². The third kappa shape index (κ3) is 2.37. The molecule has 0 aromatic carbocycles. The molecule has 0 amide bonds. The lowest BCUT2D eigenvalue weighted by molar-refractivity contribution is -0.165. The van der Waals surface area contributed by atoms with E-state index in [9.17, 15) is 19.2 Å². The second kappa shape index (κ2) is 3.87. The van der Waals surface area contributed by atoms with Crippen LogP contribution in [-0.4, -0.2) is 23.9 Å². The average Bonchev–Trinajstić information content (AvgIpc) is 2.45. The van der Waals surface area contributed by atoms with E-state index < -0.39 is 23.9 Å². The molecular weight excluding hydrogens is 204 g/mol. The molecule has 0 aliphatic carbocycles. The van der Waals surface area contributed by atoms with Crippen LogP contribution in [-0.2, 0) is 28.7 Å². The van der Waals surface area contributed by atoms with E-state index in [4.69, 9.17) is 0 Å². The van der Waals surface area contributed by atoms with E-state index in [2.05, 4.69) is 22.6 Å². The summed E-state index contributed by atoms with van der Waals surface area (Å²) in [5.41, 5.74) is 0.190. The number of carbonyl (C=O) groups is 4. The first-order valence-corrected chi connectivity index (χ1v) is 3.80. The van der Waals surface area contributed by atoms with Gasteiger partial charge in [-0.15, -0.1) is 0 Å². The largest absolute Gasteiger partial charge is 0.389 e. The van der Waals surface area contributed by atoms with Crippen molar-refractivity contribution in [2.45, 2.75) is 6.42 Å². The summed E-state index contributed by atoms with van der Waals surface area (Å²) in [6, 6.07) is 0. The van der Waals surface area contributed by atoms with Crippen LogP contribution < -0.4 is 0 Å². The molecule has 2 fully saturated rings. The Kier molecular flexibility index (Phi) is 2.80. The molecule has 15 heavy (non-hydrogen) atoms. The van der Waals surface area contributed by atoms with Crippen LogP contribution in [0.2, 0.25) is 0 Å². The van der Waals surface area contributed by atoms with E-state index >= 15 is 0 Å². The topological polar surface area (TPSA) is 86.7 Å². The van der Waals surface area contributed by atoms with Crippen LogP contribution in [0.15, 0.2) is 24.3 Å². The van der Waals surface area contributed by atoms with Gasteiger partial charge in [-0.2, -0.15) is 0 Å². The van der Waals surface area contributed by atoms with E-state index in [-0.39, 0.29) is 17.6 Å². The Bertz CT molecular complexity index is 369. The zero-order valence-corrected chi connectivity index (χ0v) is 7.57. The zero-order chi connectivity index (χ0) is 11.6. The van der Waals surface area contributed by atoms with Crippen molar-refractivity contribution < 1.29 is 28.7 Å². The maximum atomic E-state index is 10.2. The van der Waals surface area contributed by atoms with Crippen LogP contribution in [0.25, 0.3) is 0 Å². The van der Waals surface area contributed by atoms with Gasteiger partial charge in [0.1, 0.15) is 5.57 Å². The summed E-state index contributed by atoms with van der Waals surface area (Å²) in [7, 11) is 0. The van der Waals surface area contributed by atoms with E-state index in [1.807, 2.05) is 0 Å². The van der Waals surface area contributed by atoms with E-state index in [0.29, 0.717) is 0 Å². The molecule has 6 heteroatoms. The normalized spacial score (nSPS) is 18.9. The van der Waals surface area contributed by atoms with Crippen molar-refractivity contribution in [2.75, 3.05) is 0 Å². The van der Waals surface area contributed by atoms with Gasteiger partial charge >= 0.3 is 23.9 Å². The number of esters is 4. The number of hydrogen-bond donors (Lipinski definition) is 0. The maximum absolute atomic E-state index is 10.2. The first-order valence-electron chi connectivity index (χ1n) is 3.80. The third-order valence-electron chi connectivity index (χ3n) is 1.53. The van der Waals surface area contributed by atoms with Gasteiger partial charge in [0, 0.05) is 5.57 Å². The molecular formula is C9H6O6. The molecule has 6 nitrogen and oxygen atoms in total. The Morgan fingerprint density at radius 1 is 0.867 bits per heavy atom. The molecule has 0 aromatic rings. The number of hydrogen-bond acceptors (Lipinski definition) is 6. The van der Waals surface area contributed by atoms with Crippen LogP contribution in [0.5, 0.6) is 0 Å². The van der Waals surface area contributed by atoms with Crippen molar-refractivity contribution in [3.8, 4) is 0 Å². The summed E-state index contributed by atoms with van der Waals surface area (Å²) in [6.45, 7) is 6.39. The fourth-order valence-electron chi connectivity index (χ4n) is 0.702. The predicted molar refractivity (Wildman–Crippen MR) is 45.1 cm³/mol. The quantitative estimate of drug-likeness (QED) is 0.235. The monoisotopic (exact) mass is 210 g/mol. The second-order valence-electron chi connectivity index (χ2n) is 2.70. The predicted octanol–water partition coefficient (Wildman–Crippen LogP) is -0.358. The Morgan fingerprint density at radius 3 is 1.47 bits per heavy atom. The smallest absolute Gasteiger partial charge is 0.352 e. The van der Waals surface area contributed by atoms with Crippen molar-refractivity contribution in [1.82, 2.24) is 0 Å². The zero-order valence-electron chi connectivity index (χ0n) is 7.57. The molecule has 2 rings (SSSR count). The standard InChI is InChI=1S/C5H4O3.C4H2O3/c1-3-2-4(6)8-5(3)7;1-2-3(5)7-4(2)6/h1-2H2;1H2. The lowest BCUT2D eigenvalue weighted by Crippen LogP contribution is -2.30. The van der Waals surface area contributed by atoms with Crippen molar-refractivity contribution in [2.24, 2.45) is 0 Å². The molecule has 0 unspecified atom stereocenters. The molecule has 2 aliphatic rings. The Balaban J connectivity index is 0.000000151. The van der Waals surface area contributed by atoms with Gasteiger partial charge in [0.25, 0.3) is 0 Å². The van der Waals surface area contributed by atoms with Crippen LogP contribution >= 0.6 is 0 Å². The van der Waals surface area contributed by atoms with Crippen LogP contribution in [0.4, 0.5) is 0 Å². The Labute approximate surface area is 84.1 Å². The minimum atomic E-state index is -0.606. The van der Waals surface area contributed by atoms with Gasteiger partial charge < -0.3 is 9.47 Å². The SMILES string of the molecule is C=C1C(=O)OC1=O.C=C1CC(=O)OC1=O. The molecule has 0 radical (unpaired) electrons. The molecule has 0 atom stereocenters. The summed E-state index contributed by atoms with van der Waals surface area (Å²) in [4.78, 5) is 40.2. The molecule has 78 valence electrons. The fourth-order valence-corrected chi connectivity index (χ4v) is 0.702. The average molecular weight is 210 g/mol. The van der Waals surface area contributed by atoms with E-state index in [1.54, 1.807) is 0 Å². The fraction of sp³-hybridized carbons (Fsp3) is 0.111. The summed E-state index contributed by atoms with van der Waals surface area (Å²) >= 11 is 0. The van der Waals surface area contributed by atoms with Crippen LogP contribution in [0.3, 0.4) is 0 Å². The molecule has 2 heterocycles. The van der Waals surface area contributed by atoms with Crippen molar-refractivity contribution in [1.29, 1.82) is 0 Å². The minimum Gasteiger partial charge on any atom is -0.389 e. The number of cyclic esters (lactones) is 4. The number of rotatable bonds is 0. The molecule has 2 saturated heterocycles. The second-order valence-corrected chi connectivity index (χ2v) is 2.70. The summed E-state index contributed by atoms with van der Waals surface area (Å²) in [5, 5.41) is 0. The van der Waals surface area contributed by atoms with Crippen LogP contribution in [0, 0.1) is 0 Å². The highest BCUT2D eigenvalue weighted by Crippen LogP contribution is 2.10. The van der Waals surface area contributed by atoms with Gasteiger partial charge in [0.15, 0.2) is 0 Å². The lowest BCUT2D eigenvalue weighted by Gasteiger charge is -2.09. The van der Waals surface area contributed by atoms with Crippen molar-refractivity contribution in [3.05, 3.63) is 24.3 Å². The highest BCUT2D eigenvalue weighted by molar-refractivity contribution is 6.26. The van der Waals surface area contributed by atoms with E-state index in [0.717, 1.165) is 0 Å². The highest BCUT2D eigenvalue weighted by Gasteiger charge is 2.31. The minimum absolute atomic E-state index is 0.0544. The maximum Gasteiger partial charge on any atom is 0.352 e. The summed E-state index contributed by atoms with van der Waals surface area (Å²) in [5.74, 6) is -2.30. The number of ether oxygens (including phenoxy) is 2. The van der Waals surface area contributed by atoms with Gasteiger partial charge in [-0.05, 0) is 0 Å². The summed E-state index contributed by atoms with van der Waals surface area (Å²) < 4.78 is 7.97. The highest BCUT2D eigenvalue weighted by atomic mass is 16.6. The molecule has 0 N–H and O–H groups in total. The third-order valence-corrected chi connectivity index (χ3v) is 1.53. The Hall–Kier alpha value is -2.24. The molecule has 0 bridgehead atoms. The number of carbonyl (C=O) groups excluding carboxylic acids is 4. The molecule has 0 aromatic heterocycles. The van der Waals surface area contributed by atoms with E-state index in [1.165, 1.54) is 0 Å². The van der Waals surface area contributed by atoms with Gasteiger partial charge in [0.05, 0.1) is 6.42 Å². The first kappa shape index (κ1) is 10.8.